The van der Waals surface area contributed by atoms with Crippen molar-refractivity contribution in [3.63, 3.8) is 0 Å². The molecule has 2 atom stereocenters. The van der Waals surface area contributed by atoms with Gasteiger partial charge in [0.1, 0.15) is 0 Å². The fourth-order valence-corrected chi connectivity index (χ4v) is 4.23. The van der Waals surface area contributed by atoms with Crippen molar-refractivity contribution >= 4 is 11.9 Å². The molecule has 0 radical (unpaired) electrons. The van der Waals surface area contributed by atoms with E-state index in [1.807, 2.05) is 4.90 Å². The Labute approximate surface area is 143 Å². The molecule has 6 nitrogen and oxygen atoms in total. The van der Waals surface area contributed by atoms with Crippen molar-refractivity contribution < 1.29 is 9.53 Å². The van der Waals surface area contributed by atoms with E-state index in [-0.39, 0.29) is 11.8 Å². The van der Waals surface area contributed by atoms with Gasteiger partial charge >= 0.3 is 0 Å². The number of amides is 1. The lowest BCUT2D eigenvalue weighted by atomic mass is 10.0. The summed E-state index contributed by atoms with van der Waals surface area (Å²) in [6.07, 6.45) is 5.61. The second-order valence-corrected chi connectivity index (χ2v) is 7.51. The molecule has 3 heterocycles. The van der Waals surface area contributed by atoms with Crippen LogP contribution >= 0.6 is 0 Å². The maximum atomic E-state index is 12.9. The number of aromatic nitrogens is 2. The number of anilines is 1. The highest BCUT2D eigenvalue weighted by Crippen LogP contribution is 2.39. The van der Waals surface area contributed by atoms with Gasteiger partial charge in [-0.1, -0.05) is 13.8 Å². The van der Waals surface area contributed by atoms with Gasteiger partial charge in [0.05, 0.1) is 24.5 Å². The third kappa shape index (κ3) is 2.77. The van der Waals surface area contributed by atoms with Crippen LogP contribution in [0.2, 0.25) is 0 Å². The average molecular weight is 330 g/mol. The smallest absolute Gasteiger partial charge is 0.257 e. The number of carbonyl (C=O) groups excluding carboxylic acids is 1. The van der Waals surface area contributed by atoms with Crippen LogP contribution in [-0.4, -0.2) is 59.7 Å². The van der Waals surface area contributed by atoms with Crippen LogP contribution < -0.4 is 4.90 Å². The molecule has 1 amide bonds. The van der Waals surface area contributed by atoms with Crippen LogP contribution in [0.15, 0.2) is 6.20 Å². The summed E-state index contributed by atoms with van der Waals surface area (Å²) in [5, 5.41) is 0. The van der Waals surface area contributed by atoms with E-state index < -0.39 is 0 Å². The zero-order valence-corrected chi connectivity index (χ0v) is 14.6. The van der Waals surface area contributed by atoms with Crippen molar-refractivity contribution in [2.75, 3.05) is 37.7 Å². The van der Waals surface area contributed by atoms with Crippen molar-refractivity contribution in [2.24, 2.45) is 5.92 Å². The largest absolute Gasteiger partial charge is 0.378 e. The van der Waals surface area contributed by atoms with Crippen LogP contribution in [-0.2, 0) is 4.74 Å². The number of hydrogen-bond donors (Lipinski definition) is 0. The van der Waals surface area contributed by atoms with Gasteiger partial charge in [-0.15, -0.1) is 0 Å². The fraction of sp³-hybridized carbons (Fsp3) is 0.722. The molecule has 6 heteroatoms. The molecule has 0 unspecified atom stereocenters. The minimum absolute atomic E-state index is 0.0384. The second-order valence-electron chi connectivity index (χ2n) is 7.51. The molecule has 1 aliphatic carbocycles. The van der Waals surface area contributed by atoms with E-state index in [0.717, 1.165) is 24.1 Å². The summed E-state index contributed by atoms with van der Waals surface area (Å²) in [6.45, 7) is 7.77. The van der Waals surface area contributed by atoms with E-state index >= 15 is 0 Å². The molecule has 3 aliphatic rings. The highest BCUT2D eigenvalue weighted by atomic mass is 16.5. The number of piperidine rings is 1. The first kappa shape index (κ1) is 15.8. The number of nitrogens with zero attached hydrogens (tertiary/aromatic N) is 4. The fourth-order valence-electron chi connectivity index (χ4n) is 4.23. The highest BCUT2D eigenvalue weighted by Gasteiger charge is 2.39. The molecule has 2 aliphatic heterocycles. The first-order valence-electron chi connectivity index (χ1n) is 9.14. The normalized spacial score (nSPS) is 26.5. The Balaban J connectivity index is 1.61. The van der Waals surface area contributed by atoms with Crippen LogP contribution in [0.1, 0.15) is 55.1 Å². The maximum Gasteiger partial charge on any atom is 0.257 e. The minimum atomic E-state index is 0.0384. The summed E-state index contributed by atoms with van der Waals surface area (Å²) in [5.41, 5.74) is 1.53. The average Bonchev–Trinajstić information content (AvgIpc) is 3.24. The predicted octanol–water partition coefficient (Wildman–Crippen LogP) is 2.06. The Hall–Kier alpha value is -1.69. The molecular weight excluding hydrogens is 304 g/mol. The lowest BCUT2D eigenvalue weighted by molar-refractivity contribution is 0.0301. The van der Waals surface area contributed by atoms with Gasteiger partial charge in [-0.05, 0) is 31.1 Å². The number of carbonyl (C=O) groups is 1. The van der Waals surface area contributed by atoms with E-state index in [2.05, 4.69) is 23.7 Å². The van der Waals surface area contributed by atoms with Gasteiger partial charge in [-0.3, -0.25) is 4.79 Å². The number of fused-ring (bicyclic) bond motifs is 2. The number of morpholine rings is 1. The zero-order valence-electron chi connectivity index (χ0n) is 14.6. The molecular formula is C18H26N4O2. The first-order chi connectivity index (χ1) is 11.6. The highest BCUT2D eigenvalue weighted by molar-refractivity contribution is 5.95. The monoisotopic (exact) mass is 330 g/mol. The molecule has 1 saturated carbocycles. The quantitative estimate of drug-likeness (QED) is 0.849. The predicted molar refractivity (Wildman–Crippen MR) is 91.3 cm³/mol. The Bertz CT molecular complexity index is 627. The Morgan fingerprint density at radius 1 is 1.29 bits per heavy atom. The van der Waals surface area contributed by atoms with Crippen LogP contribution in [0.25, 0.3) is 0 Å². The second kappa shape index (κ2) is 6.31. The molecule has 24 heavy (non-hydrogen) atoms. The third-order valence-electron chi connectivity index (χ3n) is 5.55. The number of hydrogen-bond acceptors (Lipinski definition) is 5. The zero-order chi connectivity index (χ0) is 16.7. The Kier molecular flexibility index (Phi) is 4.16. The Morgan fingerprint density at radius 2 is 2.08 bits per heavy atom. The lowest BCUT2D eigenvalue weighted by Gasteiger charge is -2.29. The number of ether oxygens (including phenoxy) is 1. The van der Waals surface area contributed by atoms with Crippen LogP contribution in [0, 0.1) is 5.92 Å². The van der Waals surface area contributed by atoms with E-state index in [9.17, 15) is 4.79 Å². The molecule has 0 spiro atoms. The SMILES string of the molecule is CC(C)c1nc(N2C[C@@H]3CC[C@H]2C3)ncc1C(=O)N1CCOCC1. The summed E-state index contributed by atoms with van der Waals surface area (Å²) in [5.74, 6) is 1.85. The molecule has 1 aromatic rings. The molecule has 3 fully saturated rings. The van der Waals surface area contributed by atoms with Crippen molar-refractivity contribution in [3.8, 4) is 0 Å². The lowest BCUT2D eigenvalue weighted by Crippen LogP contribution is -2.41. The summed E-state index contributed by atoms with van der Waals surface area (Å²) in [7, 11) is 0. The minimum Gasteiger partial charge on any atom is -0.378 e. The molecule has 1 aromatic heterocycles. The standard InChI is InChI=1S/C18H26N4O2/c1-12(2)16-15(17(23)21-5-7-24-8-6-21)10-19-18(20-16)22-11-13-3-4-14(22)9-13/h10,12-14H,3-9,11H2,1-2H3/t13-,14+/m1/s1. The molecule has 0 N–H and O–H groups in total. The number of rotatable bonds is 3. The summed E-state index contributed by atoms with van der Waals surface area (Å²) in [4.78, 5) is 26.5. The van der Waals surface area contributed by atoms with Crippen LogP contribution in [0.3, 0.4) is 0 Å². The van der Waals surface area contributed by atoms with Gasteiger partial charge < -0.3 is 14.5 Å². The molecule has 4 rings (SSSR count). The molecule has 0 aromatic carbocycles. The van der Waals surface area contributed by atoms with Crippen molar-refractivity contribution in [1.29, 1.82) is 0 Å². The van der Waals surface area contributed by atoms with Gasteiger partial charge in [0.25, 0.3) is 5.91 Å². The first-order valence-corrected chi connectivity index (χ1v) is 9.14. The summed E-state index contributed by atoms with van der Waals surface area (Å²) < 4.78 is 5.35. The van der Waals surface area contributed by atoms with Crippen LogP contribution in [0.5, 0.6) is 0 Å². The third-order valence-corrected chi connectivity index (χ3v) is 5.55. The van der Waals surface area contributed by atoms with Gasteiger partial charge in [0.2, 0.25) is 5.95 Å². The van der Waals surface area contributed by atoms with Gasteiger partial charge in [0.15, 0.2) is 0 Å². The van der Waals surface area contributed by atoms with E-state index in [4.69, 9.17) is 9.72 Å². The van der Waals surface area contributed by atoms with Crippen molar-refractivity contribution in [1.82, 2.24) is 14.9 Å². The van der Waals surface area contributed by atoms with Gasteiger partial charge in [0, 0.05) is 31.9 Å². The van der Waals surface area contributed by atoms with Crippen molar-refractivity contribution in [2.45, 2.75) is 45.1 Å². The van der Waals surface area contributed by atoms with E-state index in [0.29, 0.717) is 37.9 Å². The topological polar surface area (TPSA) is 58.6 Å². The maximum absolute atomic E-state index is 12.9. The molecule has 2 bridgehead atoms. The van der Waals surface area contributed by atoms with E-state index in [1.54, 1.807) is 6.20 Å². The van der Waals surface area contributed by atoms with Crippen LogP contribution in [0.4, 0.5) is 5.95 Å². The van der Waals surface area contributed by atoms with Gasteiger partial charge in [-0.2, -0.15) is 0 Å². The molecule has 2 saturated heterocycles. The molecule has 130 valence electrons. The summed E-state index contributed by atoms with van der Waals surface area (Å²) >= 11 is 0. The van der Waals surface area contributed by atoms with Gasteiger partial charge in [-0.25, -0.2) is 9.97 Å². The summed E-state index contributed by atoms with van der Waals surface area (Å²) in [6, 6.07) is 0.593. The Morgan fingerprint density at radius 3 is 2.71 bits per heavy atom. The van der Waals surface area contributed by atoms with Crippen molar-refractivity contribution in [3.05, 3.63) is 17.5 Å². The van der Waals surface area contributed by atoms with E-state index in [1.165, 1.54) is 19.3 Å².